The Hall–Kier alpha value is -2.41. The van der Waals surface area contributed by atoms with Crippen molar-refractivity contribution < 1.29 is 9.21 Å². The van der Waals surface area contributed by atoms with Gasteiger partial charge in [-0.15, -0.1) is 11.3 Å². The number of thiazole rings is 1. The van der Waals surface area contributed by atoms with Gasteiger partial charge in [-0.2, -0.15) is 5.10 Å². The first kappa shape index (κ1) is 15.5. The highest BCUT2D eigenvalue weighted by molar-refractivity contribution is 7.14. The van der Waals surface area contributed by atoms with Crippen LogP contribution < -0.4 is 5.32 Å². The number of nitrogens with one attached hydrogen (secondary N) is 1. The molecular formula is C16H18N4O2S. The van der Waals surface area contributed by atoms with Gasteiger partial charge in [-0.05, 0) is 18.2 Å². The number of aromatic nitrogens is 3. The number of nitrogens with zero attached hydrogens (tertiary/aromatic N) is 3. The minimum atomic E-state index is -0.226. The van der Waals surface area contributed by atoms with Crippen LogP contribution in [0.1, 0.15) is 37.0 Å². The van der Waals surface area contributed by atoms with Gasteiger partial charge in [0.1, 0.15) is 11.4 Å². The number of furan rings is 1. The van der Waals surface area contributed by atoms with Gasteiger partial charge in [-0.3, -0.25) is 14.8 Å². The zero-order valence-corrected chi connectivity index (χ0v) is 14.3. The summed E-state index contributed by atoms with van der Waals surface area (Å²) in [5.74, 6) is 0.452. The Balaban J connectivity index is 1.79. The lowest BCUT2D eigenvalue weighted by Crippen LogP contribution is -2.15. The molecule has 0 unspecified atom stereocenters. The summed E-state index contributed by atoms with van der Waals surface area (Å²) in [5.41, 5.74) is 1.98. The predicted molar refractivity (Wildman–Crippen MR) is 89.7 cm³/mol. The van der Waals surface area contributed by atoms with Crippen LogP contribution in [-0.4, -0.2) is 20.7 Å². The van der Waals surface area contributed by atoms with Gasteiger partial charge >= 0.3 is 0 Å². The third-order valence-electron chi connectivity index (χ3n) is 3.38. The number of carbonyl (C=O) groups is 1. The fourth-order valence-electron chi connectivity index (χ4n) is 2.08. The fraction of sp³-hybridized carbons (Fsp3) is 0.312. The molecule has 3 aromatic heterocycles. The van der Waals surface area contributed by atoms with Crippen molar-refractivity contribution >= 4 is 22.4 Å². The highest BCUT2D eigenvalue weighted by Crippen LogP contribution is 2.26. The smallest absolute Gasteiger partial charge is 0.275 e. The van der Waals surface area contributed by atoms with Crippen molar-refractivity contribution in [1.29, 1.82) is 0 Å². The van der Waals surface area contributed by atoms with E-state index in [1.165, 1.54) is 11.3 Å². The van der Waals surface area contributed by atoms with E-state index < -0.39 is 0 Å². The highest BCUT2D eigenvalue weighted by atomic mass is 32.1. The average Bonchev–Trinajstić information content (AvgIpc) is 3.15. The normalized spacial score (nSPS) is 11.7. The van der Waals surface area contributed by atoms with E-state index in [4.69, 9.17) is 4.42 Å². The van der Waals surface area contributed by atoms with Gasteiger partial charge in [0.25, 0.3) is 5.91 Å². The summed E-state index contributed by atoms with van der Waals surface area (Å²) in [7, 11) is 1.76. The lowest BCUT2D eigenvalue weighted by Gasteiger charge is -2.13. The Bertz CT molecular complexity index is 825. The maximum atomic E-state index is 12.4. The summed E-state index contributed by atoms with van der Waals surface area (Å²) in [6.45, 7) is 6.19. The van der Waals surface area contributed by atoms with E-state index in [9.17, 15) is 4.79 Å². The Morgan fingerprint density at radius 1 is 1.39 bits per heavy atom. The van der Waals surface area contributed by atoms with Gasteiger partial charge in [0.15, 0.2) is 10.9 Å². The molecule has 23 heavy (non-hydrogen) atoms. The second-order valence-corrected chi connectivity index (χ2v) is 7.12. The molecule has 0 aliphatic heterocycles. The zero-order valence-electron chi connectivity index (χ0n) is 13.5. The second kappa shape index (κ2) is 5.66. The largest absolute Gasteiger partial charge is 0.463 e. The Morgan fingerprint density at radius 2 is 2.17 bits per heavy atom. The lowest BCUT2D eigenvalue weighted by atomic mass is 9.92. The van der Waals surface area contributed by atoms with E-state index >= 15 is 0 Å². The number of rotatable bonds is 3. The van der Waals surface area contributed by atoms with Crippen molar-refractivity contribution in [2.24, 2.45) is 7.05 Å². The number of carbonyl (C=O) groups excluding carboxylic acids is 1. The molecule has 120 valence electrons. The number of hydrogen-bond donors (Lipinski definition) is 1. The SMILES string of the molecule is Cn1nc(C(C)(C)C)cc1C(=O)Nc1nc(-c2ccco2)cs1. The lowest BCUT2D eigenvalue weighted by molar-refractivity contribution is 0.101. The van der Waals surface area contributed by atoms with E-state index in [1.807, 2.05) is 17.5 Å². The third kappa shape index (κ3) is 3.19. The molecule has 0 atom stereocenters. The molecule has 3 aromatic rings. The Labute approximate surface area is 138 Å². The first-order chi connectivity index (χ1) is 10.8. The minimum Gasteiger partial charge on any atom is -0.463 e. The molecule has 7 heteroatoms. The van der Waals surface area contributed by atoms with Crippen molar-refractivity contribution in [2.45, 2.75) is 26.2 Å². The monoisotopic (exact) mass is 330 g/mol. The average molecular weight is 330 g/mol. The third-order valence-corrected chi connectivity index (χ3v) is 4.14. The topological polar surface area (TPSA) is 73.0 Å². The van der Waals surface area contributed by atoms with Crippen LogP contribution in [0, 0.1) is 0 Å². The van der Waals surface area contributed by atoms with Crippen LogP contribution in [0.15, 0.2) is 34.3 Å². The van der Waals surface area contributed by atoms with Gasteiger partial charge in [-0.25, -0.2) is 4.98 Å². The highest BCUT2D eigenvalue weighted by Gasteiger charge is 2.22. The molecule has 1 N–H and O–H groups in total. The molecule has 0 bridgehead atoms. The van der Waals surface area contributed by atoms with Gasteiger partial charge in [0.05, 0.1) is 12.0 Å². The van der Waals surface area contributed by atoms with Crippen LogP contribution >= 0.6 is 11.3 Å². The van der Waals surface area contributed by atoms with Crippen LogP contribution in [0.25, 0.3) is 11.5 Å². The van der Waals surface area contributed by atoms with Gasteiger partial charge in [0, 0.05) is 17.8 Å². The maximum absolute atomic E-state index is 12.4. The molecule has 6 nitrogen and oxygen atoms in total. The molecule has 0 spiro atoms. The molecule has 3 rings (SSSR count). The van der Waals surface area contributed by atoms with Crippen LogP contribution in [0.4, 0.5) is 5.13 Å². The van der Waals surface area contributed by atoms with E-state index in [-0.39, 0.29) is 11.3 Å². The summed E-state index contributed by atoms with van der Waals surface area (Å²) in [6, 6.07) is 5.45. The molecule has 0 fully saturated rings. The molecule has 0 aliphatic rings. The first-order valence-electron chi connectivity index (χ1n) is 7.20. The summed E-state index contributed by atoms with van der Waals surface area (Å²) in [5, 5.41) is 9.60. The van der Waals surface area contributed by atoms with Crippen molar-refractivity contribution in [3.8, 4) is 11.5 Å². The van der Waals surface area contributed by atoms with Crippen LogP contribution in [0.2, 0.25) is 0 Å². The number of aryl methyl sites for hydroxylation is 1. The van der Waals surface area contributed by atoms with Crippen LogP contribution in [0.3, 0.4) is 0 Å². The quantitative estimate of drug-likeness (QED) is 0.795. The molecular weight excluding hydrogens is 312 g/mol. The standard InChI is InChI=1S/C16H18N4O2S/c1-16(2,3)13-8-11(20(4)19-13)14(21)18-15-17-10(9-23-15)12-6-5-7-22-12/h5-9H,1-4H3,(H,17,18,21). The van der Waals surface area contributed by atoms with Gasteiger partial charge in [-0.1, -0.05) is 20.8 Å². The van der Waals surface area contributed by atoms with Crippen LogP contribution in [0.5, 0.6) is 0 Å². The predicted octanol–water partition coefficient (Wildman–Crippen LogP) is 3.69. The van der Waals surface area contributed by atoms with E-state index in [1.54, 1.807) is 24.1 Å². The molecule has 1 amide bonds. The van der Waals surface area contributed by atoms with E-state index in [0.29, 0.717) is 22.3 Å². The molecule has 0 saturated heterocycles. The number of anilines is 1. The Kier molecular flexibility index (Phi) is 3.81. The van der Waals surface area contributed by atoms with Crippen molar-refractivity contribution in [3.63, 3.8) is 0 Å². The number of hydrogen-bond acceptors (Lipinski definition) is 5. The molecule has 0 radical (unpaired) electrons. The molecule has 0 saturated carbocycles. The fourth-order valence-corrected chi connectivity index (χ4v) is 2.77. The molecule has 0 aromatic carbocycles. The van der Waals surface area contributed by atoms with Crippen molar-refractivity contribution in [2.75, 3.05) is 5.32 Å². The van der Waals surface area contributed by atoms with Gasteiger partial charge in [0.2, 0.25) is 0 Å². The van der Waals surface area contributed by atoms with Crippen LogP contribution in [-0.2, 0) is 12.5 Å². The summed E-state index contributed by atoms with van der Waals surface area (Å²) in [6.07, 6.45) is 1.59. The van der Waals surface area contributed by atoms with Crippen molar-refractivity contribution in [3.05, 3.63) is 41.2 Å². The second-order valence-electron chi connectivity index (χ2n) is 6.26. The number of amides is 1. The summed E-state index contributed by atoms with van der Waals surface area (Å²) < 4.78 is 6.89. The first-order valence-corrected chi connectivity index (χ1v) is 8.08. The zero-order chi connectivity index (χ0) is 16.6. The minimum absolute atomic E-state index is 0.107. The summed E-state index contributed by atoms with van der Waals surface area (Å²) >= 11 is 1.36. The van der Waals surface area contributed by atoms with Crippen molar-refractivity contribution in [1.82, 2.24) is 14.8 Å². The van der Waals surface area contributed by atoms with Gasteiger partial charge < -0.3 is 4.42 Å². The molecule has 3 heterocycles. The van der Waals surface area contributed by atoms with E-state index in [2.05, 4.69) is 36.2 Å². The van der Waals surface area contributed by atoms with E-state index in [0.717, 1.165) is 5.69 Å². The molecule has 0 aliphatic carbocycles. The summed E-state index contributed by atoms with van der Waals surface area (Å²) in [4.78, 5) is 16.8. The Morgan fingerprint density at radius 3 is 2.78 bits per heavy atom. The maximum Gasteiger partial charge on any atom is 0.275 e.